The van der Waals surface area contributed by atoms with Crippen LogP contribution in [0.25, 0.3) is 53.6 Å². The second-order valence-electron chi connectivity index (χ2n) is 10.5. The molecule has 0 radical (unpaired) electrons. The number of fused-ring (bicyclic) bond motifs is 8. The summed E-state index contributed by atoms with van der Waals surface area (Å²) < 4.78 is 4.40. The zero-order valence-electron chi connectivity index (χ0n) is 21.7. The molecule has 1 aliphatic rings. The Morgan fingerprint density at radius 3 is 1.71 bits per heavy atom. The van der Waals surface area contributed by atoms with Crippen molar-refractivity contribution in [2.75, 3.05) is 0 Å². The van der Waals surface area contributed by atoms with E-state index >= 15 is 0 Å². The van der Waals surface area contributed by atoms with E-state index in [0.717, 1.165) is 59.0 Å². The van der Waals surface area contributed by atoms with Crippen molar-refractivity contribution in [1.82, 2.24) is 0 Å². The summed E-state index contributed by atoms with van der Waals surface area (Å²) in [6.07, 6.45) is 0. The van der Waals surface area contributed by atoms with Crippen LogP contribution in [-0.2, 0) is 5.60 Å². The largest absolute Gasteiger partial charge is 0.376 e. The SMILES string of the molecule is OC1(c2ccccc2-c2ccc3sc4ccccc4c3c2)c2cc(Br)ccc2-c2ccccc2-c2ccc(Br)cc21. The van der Waals surface area contributed by atoms with Gasteiger partial charge in [0.25, 0.3) is 0 Å². The van der Waals surface area contributed by atoms with Crippen molar-refractivity contribution in [2.45, 2.75) is 5.60 Å². The lowest BCUT2D eigenvalue weighted by molar-refractivity contribution is 0.127. The molecule has 1 aliphatic carbocycles. The smallest absolute Gasteiger partial charge is 0.142 e. The lowest BCUT2D eigenvalue weighted by Gasteiger charge is -2.34. The van der Waals surface area contributed by atoms with Crippen LogP contribution >= 0.6 is 43.2 Å². The predicted octanol–water partition coefficient (Wildman–Crippen LogP) is 11.2. The maximum Gasteiger partial charge on any atom is 0.142 e. The number of hydrogen-bond donors (Lipinski definition) is 1. The van der Waals surface area contributed by atoms with E-state index in [9.17, 15) is 5.11 Å². The van der Waals surface area contributed by atoms with E-state index in [1.165, 1.54) is 20.2 Å². The lowest BCUT2D eigenvalue weighted by Crippen LogP contribution is -2.30. The molecular formula is C37H22Br2OS. The van der Waals surface area contributed by atoms with Gasteiger partial charge in [0.05, 0.1) is 0 Å². The topological polar surface area (TPSA) is 20.2 Å². The molecule has 1 heterocycles. The molecule has 0 spiro atoms. The molecule has 0 aliphatic heterocycles. The van der Waals surface area contributed by atoms with Crippen LogP contribution in [-0.4, -0.2) is 5.11 Å². The van der Waals surface area contributed by atoms with Crippen LogP contribution in [0.4, 0.5) is 0 Å². The Morgan fingerprint density at radius 2 is 1.02 bits per heavy atom. The minimum atomic E-state index is -1.43. The summed E-state index contributed by atoms with van der Waals surface area (Å²) in [6.45, 7) is 0. The highest BCUT2D eigenvalue weighted by Gasteiger charge is 2.42. The van der Waals surface area contributed by atoms with Gasteiger partial charge in [0.1, 0.15) is 5.60 Å². The van der Waals surface area contributed by atoms with Crippen molar-refractivity contribution in [3.63, 3.8) is 0 Å². The number of halogens is 2. The van der Waals surface area contributed by atoms with Gasteiger partial charge >= 0.3 is 0 Å². The Morgan fingerprint density at radius 1 is 0.463 bits per heavy atom. The van der Waals surface area contributed by atoms with Crippen molar-refractivity contribution < 1.29 is 5.11 Å². The lowest BCUT2D eigenvalue weighted by atomic mass is 9.75. The Kier molecular flexibility index (Phi) is 5.84. The van der Waals surface area contributed by atoms with Gasteiger partial charge in [-0.1, -0.05) is 117 Å². The fourth-order valence-corrected chi connectivity index (χ4v) is 8.24. The molecule has 1 N–H and O–H groups in total. The molecular weight excluding hydrogens is 652 g/mol. The molecule has 6 aromatic carbocycles. The van der Waals surface area contributed by atoms with E-state index in [1.807, 2.05) is 17.4 Å². The summed E-state index contributed by atoms with van der Waals surface area (Å²) in [5.41, 5.74) is 7.48. The van der Waals surface area contributed by atoms with Gasteiger partial charge in [-0.25, -0.2) is 0 Å². The molecule has 1 nitrogen and oxygen atoms in total. The first-order chi connectivity index (χ1) is 20.0. The summed E-state index contributed by atoms with van der Waals surface area (Å²) in [6, 6.07) is 44.5. The summed E-state index contributed by atoms with van der Waals surface area (Å²) in [5.74, 6) is 0. The molecule has 0 amide bonds. The molecule has 0 unspecified atom stereocenters. The highest BCUT2D eigenvalue weighted by Crippen LogP contribution is 2.53. The molecule has 0 saturated heterocycles. The first-order valence-corrected chi connectivity index (χ1v) is 15.9. The molecule has 8 rings (SSSR count). The number of hydrogen-bond acceptors (Lipinski definition) is 2. The van der Waals surface area contributed by atoms with Gasteiger partial charge in [-0.15, -0.1) is 11.3 Å². The van der Waals surface area contributed by atoms with Gasteiger partial charge in [0, 0.05) is 45.8 Å². The second kappa shape index (κ2) is 9.50. The highest BCUT2D eigenvalue weighted by atomic mass is 79.9. The first-order valence-electron chi connectivity index (χ1n) is 13.5. The molecule has 7 aromatic rings. The van der Waals surface area contributed by atoms with E-state index in [-0.39, 0.29) is 0 Å². The predicted molar refractivity (Wildman–Crippen MR) is 180 cm³/mol. The van der Waals surface area contributed by atoms with E-state index in [1.54, 1.807) is 0 Å². The average Bonchev–Trinajstić information content (AvgIpc) is 3.35. The zero-order valence-corrected chi connectivity index (χ0v) is 25.7. The molecule has 4 heteroatoms. The molecule has 196 valence electrons. The number of rotatable bonds is 2. The quantitative estimate of drug-likeness (QED) is 0.194. The maximum absolute atomic E-state index is 13.4. The molecule has 41 heavy (non-hydrogen) atoms. The van der Waals surface area contributed by atoms with Crippen LogP contribution in [0, 0.1) is 0 Å². The summed E-state index contributed by atoms with van der Waals surface area (Å²) in [5, 5.41) is 15.9. The van der Waals surface area contributed by atoms with Crippen LogP contribution in [0.1, 0.15) is 16.7 Å². The zero-order chi connectivity index (χ0) is 27.7. The van der Waals surface area contributed by atoms with Gasteiger partial charge in [-0.2, -0.15) is 0 Å². The fourth-order valence-electron chi connectivity index (χ4n) is 6.43. The summed E-state index contributed by atoms with van der Waals surface area (Å²) in [4.78, 5) is 0. The van der Waals surface area contributed by atoms with E-state index in [4.69, 9.17) is 0 Å². The third-order valence-corrected chi connectivity index (χ3v) is 10.4. The third-order valence-electron chi connectivity index (χ3n) is 8.25. The molecule has 0 atom stereocenters. The highest BCUT2D eigenvalue weighted by molar-refractivity contribution is 9.10. The molecule has 0 fully saturated rings. The van der Waals surface area contributed by atoms with E-state index in [0.29, 0.717) is 0 Å². The molecule has 0 bridgehead atoms. The minimum Gasteiger partial charge on any atom is -0.376 e. The number of thiophene rings is 1. The van der Waals surface area contributed by atoms with Crippen LogP contribution in [0.3, 0.4) is 0 Å². The average molecular weight is 674 g/mol. The second-order valence-corrected chi connectivity index (χ2v) is 13.4. The number of aliphatic hydroxyl groups is 1. The van der Waals surface area contributed by atoms with Crippen molar-refractivity contribution >= 4 is 63.4 Å². The first kappa shape index (κ1) is 25.2. The monoisotopic (exact) mass is 672 g/mol. The van der Waals surface area contributed by atoms with Gasteiger partial charge in [-0.05, 0) is 75.8 Å². The Hall–Kier alpha value is -3.54. The summed E-state index contributed by atoms with van der Waals surface area (Å²) >= 11 is 9.27. The maximum atomic E-state index is 13.4. The van der Waals surface area contributed by atoms with Crippen LogP contribution < -0.4 is 0 Å². The number of benzene rings is 6. The van der Waals surface area contributed by atoms with Gasteiger partial charge < -0.3 is 5.11 Å². The standard InChI is InChI=1S/C37H22Br2OS/c38-23-14-16-28-26-8-1-2-9-27(26)29-17-15-24(39)21-34(29)37(40,33(28)20-23)32-11-5-3-7-25(32)22-13-18-36-31(19-22)30-10-4-6-12-35(30)41-36/h1-21,40H. The Bertz CT molecular complexity index is 2090. The molecule has 1 aromatic heterocycles. The third kappa shape index (κ3) is 3.82. The van der Waals surface area contributed by atoms with Gasteiger partial charge in [-0.3, -0.25) is 0 Å². The summed E-state index contributed by atoms with van der Waals surface area (Å²) in [7, 11) is 0. The van der Waals surface area contributed by atoms with Gasteiger partial charge in [0.15, 0.2) is 0 Å². The normalized spacial score (nSPS) is 13.4. The molecule has 0 saturated carbocycles. The Labute approximate surface area is 259 Å². The van der Waals surface area contributed by atoms with Crippen LogP contribution in [0.2, 0.25) is 0 Å². The van der Waals surface area contributed by atoms with Gasteiger partial charge in [0.2, 0.25) is 0 Å². The van der Waals surface area contributed by atoms with Crippen LogP contribution in [0.5, 0.6) is 0 Å². The van der Waals surface area contributed by atoms with E-state index < -0.39 is 5.60 Å². The minimum absolute atomic E-state index is 0.852. The van der Waals surface area contributed by atoms with Crippen molar-refractivity contribution in [3.05, 3.63) is 153 Å². The van der Waals surface area contributed by atoms with Crippen molar-refractivity contribution in [1.29, 1.82) is 0 Å². The Balaban J connectivity index is 1.47. The van der Waals surface area contributed by atoms with E-state index in [2.05, 4.69) is 153 Å². The fraction of sp³-hybridized carbons (Fsp3) is 0.0270. The van der Waals surface area contributed by atoms with Crippen molar-refractivity contribution in [2.24, 2.45) is 0 Å². The van der Waals surface area contributed by atoms with Crippen molar-refractivity contribution in [3.8, 4) is 33.4 Å². The van der Waals surface area contributed by atoms with Crippen LogP contribution in [0.15, 0.2) is 136 Å².